The second kappa shape index (κ2) is 9.65. The largest absolute Gasteiger partial charge is 0.306 e. The lowest BCUT2D eigenvalue weighted by Gasteiger charge is -2.33. The maximum atomic E-state index is 5.46. The molecule has 1 aromatic heterocycles. The van der Waals surface area contributed by atoms with Gasteiger partial charge in [0.2, 0.25) is 0 Å². The highest BCUT2D eigenvalue weighted by atomic mass is 15.2. The van der Waals surface area contributed by atoms with Crippen molar-refractivity contribution in [2.45, 2.75) is 0 Å². The van der Waals surface area contributed by atoms with Crippen LogP contribution in [-0.4, -0.2) is 9.55 Å². The van der Waals surface area contributed by atoms with Gasteiger partial charge in [0.15, 0.2) is 0 Å². The van der Waals surface area contributed by atoms with Crippen molar-refractivity contribution < 1.29 is 0 Å². The van der Waals surface area contributed by atoms with Crippen molar-refractivity contribution in [2.75, 3.05) is 4.90 Å². The molecule has 46 heavy (non-hydrogen) atoms. The van der Waals surface area contributed by atoms with Crippen LogP contribution in [0.15, 0.2) is 164 Å². The topological polar surface area (TPSA) is 21.1 Å². The summed E-state index contributed by atoms with van der Waals surface area (Å²) in [6, 6.07) is 58.9. The van der Waals surface area contributed by atoms with Crippen LogP contribution < -0.4 is 4.90 Å². The Bertz CT molecular complexity index is 2590. The van der Waals surface area contributed by atoms with Crippen LogP contribution in [0.2, 0.25) is 0 Å². The van der Waals surface area contributed by atoms with Gasteiger partial charge >= 0.3 is 0 Å². The molecular weight excluding hydrogens is 558 g/mol. The first-order valence-corrected chi connectivity index (χ1v) is 15.7. The molecule has 0 unspecified atom stereocenters. The molecule has 0 N–H and O–H groups in total. The Morgan fingerprint density at radius 2 is 1.00 bits per heavy atom. The van der Waals surface area contributed by atoms with E-state index in [-0.39, 0.29) is 0 Å². The number of hydrogen-bond donors (Lipinski definition) is 0. The van der Waals surface area contributed by atoms with Gasteiger partial charge in [-0.25, -0.2) is 4.98 Å². The van der Waals surface area contributed by atoms with E-state index >= 15 is 0 Å². The molecule has 1 aliphatic heterocycles. The number of imidazole rings is 1. The second-order valence-electron chi connectivity index (χ2n) is 12.0. The molecule has 0 saturated carbocycles. The van der Waals surface area contributed by atoms with Crippen LogP contribution >= 0.6 is 0 Å². The Balaban J connectivity index is 1.33. The van der Waals surface area contributed by atoms with Crippen molar-refractivity contribution in [3.63, 3.8) is 0 Å². The third kappa shape index (κ3) is 3.51. The molecule has 3 nitrogen and oxygen atoms in total. The average Bonchev–Trinajstić information content (AvgIpc) is 3.51. The molecule has 0 radical (unpaired) electrons. The molecule has 9 aromatic rings. The van der Waals surface area contributed by atoms with Gasteiger partial charge in [0, 0.05) is 11.3 Å². The SMILES string of the molecule is c1ccc(N2c3ccccc3-n3c(-c4c5ccccc5c(-c5ccc6ccccc6c5)c5ccccc45)nc4cccc2c43)cc1. The molecule has 2 heterocycles. The minimum absolute atomic E-state index is 0.958. The summed E-state index contributed by atoms with van der Waals surface area (Å²) < 4.78 is 2.39. The summed E-state index contributed by atoms with van der Waals surface area (Å²) in [6.07, 6.45) is 0. The molecule has 0 atom stereocenters. The van der Waals surface area contributed by atoms with E-state index in [1.54, 1.807) is 0 Å². The predicted octanol–water partition coefficient (Wildman–Crippen LogP) is 11.6. The third-order valence-electron chi connectivity index (χ3n) is 9.47. The number of para-hydroxylation sites is 4. The van der Waals surface area contributed by atoms with Crippen molar-refractivity contribution in [1.82, 2.24) is 9.55 Å². The zero-order valence-electron chi connectivity index (χ0n) is 24.9. The van der Waals surface area contributed by atoms with Gasteiger partial charge in [0.25, 0.3) is 0 Å². The molecule has 0 aliphatic carbocycles. The number of hydrogen-bond acceptors (Lipinski definition) is 2. The molecule has 3 heteroatoms. The van der Waals surface area contributed by atoms with Gasteiger partial charge in [0.05, 0.1) is 28.1 Å². The highest BCUT2D eigenvalue weighted by Gasteiger charge is 2.30. The van der Waals surface area contributed by atoms with Crippen molar-refractivity contribution in [1.29, 1.82) is 0 Å². The fraction of sp³-hybridized carbons (Fsp3) is 0. The maximum absolute atomic E-state index is 5.46. The smallest absolute Gasteiger partial charge is 0.147 e. The normalized spacial score (nSPS) is 12.3. The molecule has 0 saturated heterocycles. The van der Waals surface area contributed by atoms with E-state index in [0.717, 1.165) is 45.2 Å². The summed E-state index contributed by atoms with van der Waals surface area (Å²) in [5.41, 5.74) is 10.2. The number of fused-ring (bicyclic) bond motifs is 5. The summed E-state index contributed by atoms with van der Waals surface area (Å²) in [5.74, 6) is 0.958. The van der Waals surface area contributed by atoms with E-state index in [1.807, 2.05) is 0 Å². The van der Waals surface area contributed by atoms with E-state index < -0.39 is 0 Å². The Morgan fingerprint density at radius 1 is 0.413 bits per heavy atom. The van der Waals surface area contributed by atoms with Crippen LogP contribution in [0.4, 0.5) is 17.1 Å². The number of benzene rings is 8. The predicted molar refractivity (Wildman–Crippen MR) is 193 cm³/mol. The first-order chi connectivity index (χ1) is 22.8. The van der Waals surface area contributed by atoms with Gasteiger partial charge in [-0.15, -0.1) is 0 Å². The molecule has 214 valence electrons. The lowest BCUT2D eigenvalue weighted by atomic mass is 9.87. The number of rotatable bonds is 3. The Labute approximate surface area is 266 Å². The monoisotopic (exact) mass is 585 g/mol. The summed E-state index contributed by atoms with van der Waals surface area (Å²) in [6.45, 7) is 0. The summed E-state index contributed by atoms with van der Waals surface area (Å²) in [7, 11) is 0. The van der Waals surface area contributed by atoms with E-state index in [2.05, 4.69) is 173 Å². The average molecular weight is 586 g/mol. The lowest BCUT2D eigenvalue weighted by molar-refractivity contribution is 1.07. The molecule has 0 amide bonds. The molecule has 0 spiro atoms. The summed E-state index contributed by atoms with van der Waals surface area (Å²) in [5, 5.41) is 7.33. The quantitative estimate of drug-likeness (QED) is 0.192. The highest BCUT2D eigenvalue weighted by Crippen LogP contribution is 2.50. The molecule has 10 rings (SSSR count). The van der Waals surface area contributed by atoms with E-state index in [0.29, 0.717) is 0 Å². The molecule has 1 aliphatic rings. The van der Waals surface area contributed by atoms with Crippen LogP contribution in [0.5, 0.6) is 0 Å². The van der Waals surface area contributed by atoms with Crippen molar-refractivity contribution in [3.05, 3.63) is 164 Å². The van der Waals surface area contributed by atoms with E-state index in [4.69, 9.17) is 4.98 Å². The van der Waals surface area contributed by atoms with Crippen LogP contribution in [0.1, 0.15) is 0 Å². The third-order valence-corrected chi connectivity index (χ3v) is 9.47. The highest BCUT2D eigenvalue weighted by molar-refractivity contribution is 6.22. The Kier molecular flexibility index (Phi) is 5.28. The zero-order chi connectivity index (χ0) is 30.2. The maximum Gasteiger partial charge on any atom is 0.147 e. The van der Waals surface area contributed by atoms with Crippen molar-refractivity contribution >= 4 is 60.4 Å². The Morgan fingerprint density at radius 3 is 1.74 bits per heavy atom. The Hall–Kier alpha value is -6.19. The standard InChI is InChI=1S/C43H27N3/c1-2-15-31(16-3-1)45-37-22-10-11-23-38(37)46-42-36(21-12-24-39(42)45)44-43(46)41-34-19-8-6-17-32(34)40(33-18-7-9-20-35(33)41)30-26-25-28-13-4-5-14-29(28)27-30/h1-27H. The van der Waals surface area contributed by atoms with Gasteiger partial charge < -0.3 is 4.90 Å². The van der Waals surface area contributed by atoms with E-state index in [1.165, 1.54) is 43.4 Å². The van der Waals surface area contributed by atoms with E-state index in [9.17, 15) is 0 Å². The molecule has 0 fully saturated rings. The number of aromatic nitrogens is 2. The van der Waals surface area contributed by atoms with Crippen molar-refractivity contribution in [3.8, 4) is 28.2 Å². The van der Waals surface area contributed by atoms with Gasteiger partial charge in [-0.05, 0) is 85.9 Å². The second-order valence-corrected chi connectivity index (χ2v) is 12.0. The number of nitrogens with zero attached hydrogens (tertiary/aromatic N) is 3. The van der Waals surface area contributed by atoms with Crippen LogP contribution in [0.25, 0.3) is 71.6 Å². The molecule has 0 bridgehead atoms. The fourth-order valence-corrected chi connectivity index (χ4v) is 7.54. The lowest BCUT2D eigenvalue weighted by Crippen LogP contribution is -2.18. The molecular formula is C43H27N3. The minimum Gasteiger partial charge on any atom is -0.306 e. The first kappa shape index (κ1) is 25.2. The fourth-order valence-electron chi connectivity index (χ4n) is 7.54. The van der Waals surface area contributed by atoms with Gasteiger partial charge in [-0.1, -0.05) is 121 Å². The zero-order valence-corrected chi connectivity index (χ0v) is 24.9. The van der Waals surface area contributed by atoms with Crippen molar-refractivity contribution in [2.24, 2.45) is 0 Å². The van der Waals surface area contributed by atoms with Gasteiger partial charge in [0.1, 0.15) is 5.82 Å². The first-order valence-electron chi connectivity index (χ1n) is 15.7. The van der Waals surface area contributed by atoms with Gasteiger partial charge in [-0.3, -0.25) is 4.57 Å². The summed E-state index contributed by atoms with van der Waals surface area (Å²) in [4.78, 5) is 7.82. The van der Waals surface area contributed by atoms with Crippen LogP contribution in [0.3, 0.4) is 0 Å². The van der Waals surface area contributed by atoms with Crippen LogP contribution in [-0.2, 0) is 0 Å². The van der Waals surface area contributed by atoms with Crippen LogP contribution in [0, 0.1) is 0 Å². The number of anilines is 3. The summed E-state index contributed by atoms with van der Waals surface area (Å²) >= 11 is 0. The minimum atomic E-state index is 0.958. The van der Waals surface area contributed by atoms with Gasteiger partial charge in [-0.2, -0.15) is 0 Å². The molecule has 8 aromatic carbocycles.